The van der Waals surface area contributed by atoms with Crippen LogP contribution in [-0.4, -0.2) is 17.2 Å². The molecule has 0 saturated heterocycles. The van der Waals surface area contributed by atoms with Crippen molar-refractivity contribution in [2.75, 3.05) is 0 Å². The number of hydrogen-bond acceptors (Lipinski definition) is 3. The Hall–Kier alpha value is -1.92. The molecule has 0 heterocycles. The monoisotopic (exact) mass is 278 g/mol. The molecule has 0 aromatic heterocycles. The molecular formula is C14H13BF2O3. The van der Waals surface area contributed by atoms with Crippen molar-refractivity contribution in [2.24, 2.45) is 0 Å². The van der Waals surface area contributed by atoms with Crippen molar-refractivity contribution in [3.63, 3.8) is 0 Å². The van der Waals surface area contributed by atoms with E-state index < -0.39 is 30.0 Å². The van der Waals surface area contributed by atoms with Crippen LogP contribution in [0.4, 0.5) is 8.78 Å². The van der Waals surface area contributed by atoms with Crippen LogP contribution in [-0.2, 0) is 6.61 Å². The van der Waals surface area contributed by atoms with E-state index in [-0.39, 0.29) is 12.2 Å². The van der Waals surface area contributed by atoms with Crippen LogP contribution < -0.4 is 10.2 Å². The van der Waals surface area contributed by atoms with E-state index in [0.717, 1.165) is 11.6 Å². The normalized spacial score (nSPS) is 10.4. The Balaban J connectivity index is 2.31. The van der Waals surface area contributed by atoms with Gasteiger partial charge in [-0.25, -0.2) is 8.78 Å². The molecule has 0 aliphatic heterocycles. The van der Waals surface area contributed by atoms with E-state index in [0.29, 0.717) is 0 Å². The van der Waals surface area contributed by atoms with Crippen LogP contribution in [0.3, 0.4) is 0 Å². The maximum absolute atomic E-state index is 14.0. The summed E-state index contributed by atoms with van der Waals surface area (Å²) in [4.78, 5) is 0. The van der Waals surface area contributed by atoms with Crippen LogP contribution >= 0.6 is 0 Å². The van der Waals surface area contributed by atoms with E-state index in [2.05, 4.69) is 0 Å². The fourth-order valence-electron chi connectivity index (χ4n) is 1.81. The third-order valence-corrected chi connectivity index (χ3v) is 2.87. The van der Waals surface area contributed by atoms with Crippen molar-refractivity contribution in [3.8, 4) is 5.75 Å². The van der Waals surface area contributed by atoms with Gasteiger partial charge in [-0.2, -0.15) is 0 Å². The number of rotatable bonds is 4. The van der Waals surface area contributed by atoms with Gasteiger partial charge in [-0.1, -0.05) is 36.4 Å². The van der Waals surface area contributed by atoms with Gasteiger partial charge in [0.15, 0.2) is 17.4 Å². The minimum atomic E-state index is -2.02. The first-order chi connectivity index (χ1) is 9.50. The Morgan fingerprint density at radius 1 is 1.10 bits per heavy atom. The summed E-state index contributed by atoms with van der Waals surface area (Å²) in [5, 5.41) is 18.1. The van der Waals surface area contributed by atoms with Crippen molar-refractivity contribution in [1.29, 1.82) is 0 Å². The summed E-state index contributed by atoms with van der Waals surface area (Å²) in [6.07, 6.45) is 0. The second-order valence-corrected chi connectivity index (χ2v) is 4.39. The Kier molecular flexibility index (Phi) is 4.37. The van der Waals surface area contributed by atoms with Crippen LogP contribution in [0.1, 0.15) is 11.1 Å². The van der Waals surface area contributed by atoms with Gasteiger partial charge in [0.1, 0.15) is 6.61 Å². The first-order valence-electron chi connectivity index (χ1n) is 6.02. The van der Waals surface area contributed by atoms with Crippen LogP contribution in [0.25, 0.3) is 0 Å². The Morgan fingerprint density at radius 2 is 1.75 bits per heavy atom. The summed E-state index contributed by atoms with van der Waals surface area (Å²) in [7, 11) is -2.02. The summed E-state index contributed by atoms with van der Waals surface area (Å²) >= 11 is 0. The minimum Gasteiger partial charge on any atom is -0.483 e. The largest absolute Gasteiger partial charge is 0.491 e. The number of halogens is 2. The topological polar surface area (TPSA) is 49.7 Å². The quantitative estimate of drug-likeness (QED) is 0.834. The highest BCUT2D eigenvalue weighted by Crippen LogP contribution is 2.24. The van der Waals surface area contributed by atoms with Gasteiger partial charge in [-0.05, 0) is 18.1 Å². The minimum absolute atomic E-state index is 0.0148. The van der Waals surface area contributed by atoms with Crippen LogP contribution in [0.5, 0.6) is 5.75 Å². The zero-order valence-electron chi connectivity index (χ0n) is 10.8. The van der Waals surface area contributed by atoms with Crippen LogP contribution in [0.15, 0.2) is 36.4 Å². The van der Waals surface area contributed by atoms with Gasteiger partial charge >= 0.3 is 7.12 Å². The zero-order valence-corrected chi connectivity index (χ0v) is 10.8. The molecule has 0 radical (unpaired) electrons. The second-order valence-electron chi connectivity index (χ2n) is 4.39. The Labute approximate surface area is 115 Å². The molecule has 2 aromatic carbocycles. The molecule has 104 valence electrons. The maximum atomic E-state index is 14.0. The van der Waals surface area contributed by atoms with Crippen LogP contribution in [0, 0.1) is 18.6 Å². The molecule has 20 heavy (non-hydrogen) atoms. The van der Waals surface area contributed by atoms with Crippen molar-refractivity contribution in [1.82, 2.24) is 0 Å². The summed E-state index contributed by atoms with van der Waals surface area (Å²) in [5.41, 5.74) is 0.420. The number of aryl methyl sites for hydroxylation is 1. The summed E-state index contributed by atoms with van der Waals surface area (Å²) in [6.45, 7) is 1.38. The molecule has 0 aliphatic rings. The van der Waals surface area contributed by atoms with Gasteiger partial charge in [0.2, 0.25) is 0 Å². The van der Waals surface area contributed by atoms with Gasteiger partial charge in [0, 0.05) is 5.46 Å². The lowest BCUT2D eigenvalue weighted by molar-refractivity contribution is 0.273. The number of hydrogen-bond donors (Lipinski definition) is 2. The molecule has 0 fully saturated rings. The summed E-state index contributed by atoms with van der Waals surface area (Å²) < 4.78 is 33.0. The average molecular weight is 278 g/mol. The molecule has 0 atom stereocenters. The fourth-order valence-corrected chi connectivity index (χ4v) is 1.81. The van der Waals surface area contributed by atoms with Crippen LogP contribution in [0.2, 0.25) is 0 Å². The van der Waals surface area contributed by atoms with E-state index in [1.54, 1.807) is 24.3 Å². The molecule has 3 nitrogen and oxygen atoms in total. The van der Waals surface area contributed by atoms with Gasteiger partial charge < -0.3 is 14.8 Å². The fraction of sp³-hybridized carbons (Fsp3) is 0.143. The van der Waals surface area contributed by atoms with E-state index >= 15 is 0 Å². The summed E-state index contributed by atoms with van der Waals surface area (Å²) in [5.74, 6) is -2.54. The standard InChI is InChI=1S/C14H13BF2O3/c1-9-7-11(15(18)19)13(17)14(12(9)16)20-8-10-5-3-2-4-6-10/h2-7,18-19H,8H2,1H3. The van der Waals surface area contributed by atoms with Gasteiger partial charge in [0.25, 0.3) is 0 Å². The molecule has 2 rings (SSSR count). The number of benzene rings is 2. The molecular weight excluding hydrogens is 265 g/mol. The van der Waals surface area contributed by atoms with Gasteiger partial charge in [-0.15, -0.1) is 0 Å². The predicted molar refractivity (Wildman–Crippen MR) is 71.7 cm³/mol. The lowest BCUT2D eigenvalue weighted by atomic mass is 9.79. The average Bonchev–Trinajstić information content (AvgIpc) is 2.43. The summed E-state index contributed by atoms with van der Waals surface area (Å²) in [6, 6.07) is 9.94. The zero-order chi connectivity index (χ0) is 14.7. The smallest absolute Gasteiger partial charge is 0.483 e. The molecule has 2 aromatic rings. The van der Waals surface area contributed by atoms with Gasteiger partial charge in [-0.3, -0.25) is 0 Å². The first-order valence-corrected chi connectivity index (χ1v) is 6.02. The number of ether oxygens (including phenoxy) is 1. The Morgan fingerprint density at radius 3 is 2.35 bits per heavy atom. The SMILES string of the molecule is Cc1cc(B(O)O)c(F)c(OCc2ccccc2)c1F. The highest BCUT2D eigenvalue weighted by atomic mass is 19.1. The maximum Gasteiger partial charge on any atom is 0.491 e. The van der Waals surface area contributed by atoms with Gasteiger partial charge in [0.05, 0.1) is 0 Å². The van der Waals surface area contributed by atoms with Crippen molar-refractivity contribution in [2.45, 2.75) is 13.5 Å². The van der Waals surface area contributed by atoms with E-state index in [1.807, 2.05) is 6.07 Å². The van der Waals surface area contributed by atoms with Crippen molar-refractivity contribution >= 4 is 12.6 Å². The van der Waals surface area contributed by atoms with E-state index in [4.69, 9.17) is 14.8 Å². The molecule has 0 saturated carbocycles. The lowest BCUT2D eigenvalue weighted by Crippen LogP contribution is -2.34. The lowest BCUT2D eigenvalue weighted by Gasteiger charge is -2.13. The molecule has 0 unspecified atom stereocenters. The highest BCUT2D eigenvalue weighted by molar-refractivity contribution is 6.58. The molecule has 0 amide bonds. The second kappa shape index (κ2) is 6.03. The molecule has 0 bridgehead atoms. The highest BCUT2D eigenvalue weighted by Gasteiger charge is 2.24. The molecule has 0 aliphatic carbocycles. The Bertz CT molecular complexity index is 603. The first kappa shape index (κ1) is 14.5. The molecule has 0 spiro atoms. The van der Waals surface area contributed by atoms with E-state index in [1.165, 1.54) is 6.92 Å². The van der Waals surface area contributed by atoms with E-state index in [9.17, 15) is 8.78 Å². The third kappa shape index (κ3) is 2.97. The van der Waals surface area contributed by atoms with Crippen molar-refractivity contribution in [3.05, 3.63) is 59.2 Å². The predicted octanol–water partition coefficient (Wildman–Crippen LogP) is 1.53. The molecule has 6 heteroatoms. The third-order valence-electron chi connectivity index (χ3n) is 2.87. The van der Waals surface area contributed by atoms with Crippen molar-refractivity contribution < 1.29 is 23.6 Å². The molecule has 2 N–H and O–H groups in total.